The smallest absolute Gasteiger partial charge is 0.351 e. The first-order chi connectivity index (χ1) is 7.94. The maximum absolute atomic E-state index is 14.2. The van der Waals surface area contributed by atoms with E-state index in [1.54, 1.807) is 0 Å². The minimum absolute atomic E-state index is 0.0327. The summed E-state index contributed by atoms with van der Waals surface area (Å²) in [6.07, 6.45) is -0.322. The van der Waals surface area contributed by atoms with Crippen LogP contribution in [-0.2, 0) is 4.74 Å². The van der Waals surface area contributed by atoms with Crippen molar-refractivity contribution in [2.45, 2.75) is 31.3 Å². The number of rotatable bonds is 2. The summed E-state index contributed by atoms with van der Waals surface area (Å²) in [6, 6.07) is 1.40. The van der Waals surface area contributed by atoms with Gasteiger partial charge in [0.25, 0.3) is 0 Å². The summed E-state index contributed by atoms with van der Waals surface area (Å²) in [5.74, 6) is 0.0727. The predicted octanol–water partition coefficient (Wildman–Crippen LogP) is -0.166. The number of aliphatic hydroxyl groups is 1. The third-order valence-electron chi connectivity index (χ3n) is 2.77. The maximum Gasteiger partial charge on any atom is 0.351 e. The molecule has 17 heavy (non-hydrogen) atoms. The van der Waals surface area contributed by atoms with Crippen molar-refractivity contribution in [1.29, 1.82) is 0 Å². The number of halogens is 1. The molecular weight excluding hydrogens is 229 g/mol. The number of aliphatic hydroxyl groups excluding tert-OH is 1. The Kier molecular flexibility index (Phi) is 2.88. The van der Waals surface area contributed by atoms with Crippen LogP contribution < -0.4 is 11.4 Å². The molecule has 1 aliphatic rings. The van der Waals surface area contributed by atoms with Gasteiger partial charge in [-0.3, -0.25) is 4.57 Å². The molecule has 0 spiro atoms. The van der Waals surface area contributed by atoms with Crippen LogP contribution in [0.1, 0.15) is 19.6 Å². The van der Waals surface area contributed by atoms with E-state index in [9.17, 15) is 9.18 Å². The van der Waals surface area contributed by atoms with Gasteiger partial charge in [0, 0.05) is 12.6 Å². The standard InChI is InChI=1S/C10H14FN3O3/c1-10(11)4-6(5-15)17-8(10)14-3-2-7(12)13-9(14)16/h2-3,6,8,15H,4-5H2,1H3,(H2,12,13,16)/t6-,8+,10?/m0/s1. The first-order valence-electron chi connectivity index (χ1n) is 5.24. The second-order valence-corrected chi connectivity index (χ2v) is 4.32. The molecule has 2 rings (SSSR count). The fourth-order valence-electron chi connectivity index (χ4n) is 1.99. The molecule has 0 aliphatic carbocycles. The van der Waals surface area contributed by atoms with E-state index >= 15 is 0 Å². The summed E-state index contributed by atoms with van der Waals surface area (Å²) in [6.45, 7) is 1.04. The highest BCUT2D eigenvalue weighted by Gasteiger charge is 2.47. The van der Waals surface area contributed by atoms with Crippen molar-refractivity contribution < 1.29 is 14.2 Å². The van der Waals surface area contributed by atoms with E-state index < -0.39 is 23.7 Å². The summed E-state index contributed by atoms with van der Waals surface area (Å²) in [5.41, 5.74) is 2.95. The zero-order valence-electron chi connectivity index (χ0n) is 9.34. The normalized spacial score (nSPS) is 32.9. The van der Waals surface area contributed by atoms with Crippen molar-refractivity contribution in [3.8, 4) is 0 Å². The highest BCUT2D eigenvalue weighted by atomic mass is 19.1. The molecular formula is C10H14FN3O3. The summed E-state index contributed by atoms with van der Waals surface area (Å²) in [4.78, 5) is 15.1. The topological polar surface area (TPSA) is 90.4 Å². The summed E-state index contributed by atoms with van der Waals surface area (Å²) in [7, 11) is 0. The number of alkyl halides is 1. The maximum atomic E-state index is 14.2. The van der Waals surface area contributed by atoms with Gasteiger partial charge in [0.1, 0.15) is 5.82 Å². The lowest BCUT2D eigenvalue weighted by Gasteiger charge is -2.22. The molecule has 0 radical (unpaired) electrons. The first-order valence-corrected chi connectivity index (χ1v) is 5.24. The Balaban J connectivity index is 2.37. The van der Waals surface area contributed by atoms with Crippen LogP contribution in [0.4, 0.5) is 10.2 Å². The zero-order chi connectivity index (χ0) is 12.6. The van der Waals surface area contributed by atoms with Gasteiger partial charge in [-0.15, -0.1) is 0 Å². The molecule has 0 saturated carbocycles. The summed E-state index contributed by atoms with van der Waals surface area (Å²) >= 11 is 0. The van der Waals surface area contributed by atoms with Crippen LogP contribution in [-0.4, -0.2) is 33.0 Å². The highest BCUT2D eigenvalue weighted by molar-refractivity contribution is 5.23. The Bertz CT molecular complexity index is 474. The molecule has 1 aliphatic heterocycles. The van der Waals surface area contributed by atoms with Crippen LogP contribution in [0.25, 0.3) is 0 Å². The van der Waals surface area contributed by atoms with E-state index in [0.717, 1.165) is 4.57 Å². The molecule has 94 valence electrons. The quantitative estimate of drug-likeness (QED) is 0.752. The molecule has 1 aromatic rings. The van der Waals surface area contributed by atoms with Gasteiger partial charge in [0.15, 0.2) is 11.9 Å². The first kappa shape index (κ1) is 12.0. The second kappa shape index (κ2) is 4.08. The number of hydrogen-bond donors (Lipinski definition) is 2. The Morgan fingerprint density at radius 3 is 3.06 bits per heavy atom. The molecule has 1 fully saturated rings. The van der Waals surface area contributed by atoms with Crippen molar-refractivity contribution in [2.75, 3.05) is 12.3 Å². The number of hydrogen-bond acceptors (Lipinski definition) is 5. The van der Waals surface area contributed by atoms with Crippen LogP contribution in [0.2, 0.25) is 0 Å². The van der Waals surface area contributed by atoms with Crippen molar-refractivity contribution in [3.05, 3.63) is 22.7 Å². The Hall–Kier alpha value is -1.47. The third kappa shape index (κ3) is 2.16. The average Bonchev–Trinajstić information content (AvgIpc) is 2.54. The van der Waals surface area contributed by atoms with Gasteiger partial charge in [-0.2, -0.15) is 4.98 Å². The molecule has 7 heteroatoms. The van der Waals surface area contributed by atoms with Gasteiger partial charge in [0.2, 0.25) is 0 Å². The van der Waals surface area contributed by atoms with Gasteiger partial charge in [0.05, 0.1) is 12.7 Å². The third-order valence-corrected chi connectivity index (χ3v) is 2.77. The van der Waals surface area contributed by atoms with Crippen LogP contribution in [0.5, 0.6) is 0 Å². The van der Waals surface area contributed by atoms with Gasteiger partial charge in [-0.1, -0.05) is 0 Å². The fourth-order valence-corrected chi connectivity index (χ4v) is 1.99. The van der Waals surface area contributed by atoms with Crippen molar-refractivity contribution >= 4 is 5.82 Å². The van der Waals surface area contributed by atoms with E-state index in [1.165, 1.54) is 19.2 Å². The van der Waals surface area contributed by atoms with E-state index in [4.69, 9.17) is 15.6 Å². The second-order valence-electron chi connectivity index (χ2n) is 4.32. The van der Waals surface area contributed by atoms with Gasteiger partial charge in [-0.05, 0) is 13.0 Å². The predicted molar refractivity (Wildman–Crippen MR) is 58.0 cm³/mol. The molecule has 3 N–H and O–H groups in total. The Labute approximate surface area is 96.8 Å². The molecule has 2 heterocycles. The molecule has 1 saturated heterocycles. The number of nitrogens with two attached hydrogens (primary N) is 1. The fraction of sp³-hybridized carbons (Fsp3) is 0.600. The van der Waals surface area contributed by atoms with E-state index in [0.29, 0.717) is 0 Å². The number of ether oxygens (including phenoxy) is 1. The monoisotopic (exact) mass is 243 g/mol. The minimum atomic E-state index is -1.73. The molecule has 1 unspecified atom stereocenters. The van der Waals surface area contributed by atoms with E-state index in [-0.39, 0.29) is 18.8 Å². The average molecular weight is 243 g/mol. The lowest BCUT2D eigenvalue weighted by molar-refractivity contribution is -0.0609. The molecule has 0 bridgehead atoms. The van der Waals surface area contributed by atoms with E-state index in [2.05, 4.69) is 4.98 Å². The van der Waals surface area contributed by atoms with E-state index in [1.807, 2.05) is 0 Å². The lowest BCUT2D eigenvalue weighted by atomic mass is 10.0. The number of aromatic nitrogens is 2. The van der Waals surface area contributed by atoms with Crippen LogP contribution in [0.15, 0.2) is 17.1 Å². The Morgan fingerprint density at radius 2 is 2.53 bits per heavy atom. The Morgan fingerprint density at radius 1 is 1.82 bits per heavy atom. The largest absolute Gasteiger partial charge is 0.394 e. The van der Waals surface area contributed by atoms with Crippen molar-refractivity contribution in [1.82, 2.24) is 9.55 Å². The molecule has 0 aromatic carbocycles. The van der Waals surface area contributed by atoms with Gasteiger partial charge < -0.3 is 15.6 Å². The zero-order valence-corrected chi connectivity index (χ0v) is 9.34. The van der Waals surface area contributed by atoms with Gasteiger partial charge >= 0.3 is 5.69 Å². The molecule has 3 atom stereocenters. The molecule has 1 aromatic heterocycles. The minimum Gasteiger partial charge on any atom is -0.394 e. The van der Waals surface area contributed by atoms with Crippen LogP contribution in [0, 0.1) is 0 Å². The SMILES string of the molecule is CC1(F)C[C@@H](CO)O[C@H]1n1ccc(N)nc1=O. The van der Waals surface area contributed by atoms with Crippen molar-refractivity contribution in [2.24, 2.45) is 0 Å². The van der Waals surface area contributed by atoms with Crippen molar-refractivity contribution in [3.63, 3.8) is 0 Å². The van der Waals surface area contributed by atoms with Crippen LogP contribution >= 0.6 is 0 Å². The summed E-state index contributed by atoms with van der Waals surface area (Å²) < 4.78 is 20.6. The number of anilines is 1. The molecule has 6 nitrogen and oxygen atoms in total. The highest BCUT2D eigenvalue weighted by Crippen LogP contribution is 2.39. The lowest BCUT2D eigenvalue weighted by Crippen LogP contribution is -2.35. The van der Waals surface area contributed by atoms with Crippen LogP contribution in [0.3, 0.4) is 0 Å². The summed E-state index contributed by atoms with van der Waals surface area (Å²) in [5, 5.41) is 8.96. The number of nitrogen functional groups attached to an aromatic ring is 1. The molecule has 0 amide bonds. The number of nitrogens with zero attached hydrogens (tertiary/aromatic N) is 2. The van der Waals surface area contributed by atoms with Gasteiger partial charge in [-0.25, -0.2) is 9.18 Å².